The zero-order valence-corrected chi connectivity index (χ0v) is 16.0. The molecule has 1 aromatic heterocycles. The molecule has 2 aromatic rings. The van der Waals surface area contributed by atoms with Crippen LogP contribution in [-0.4, -0.2) is 49.8 Å². The van der Waals surface area contributed by atoms with Gasteiger partial charge in [0.25, 0.3) is 5.91 Å². The molecule has 0 saturated carbocycles. The third kappa shape index (κ3) is 5.34. The molecule has 1 aromatic carbocycles. The molecule has 1 aliphatic heterocycles. The molecule has 1 N–H and O–H groups in total. The smallest absolute Gasteiger partial charge is 0.260 e. The number of nitrogens with zero attached hydrogens (tertiary/aromatic N) is 1. The highest BCUT2D eigenvalue weighted by atomic mass is 16.5. The van der Waals surface area contributed by atoms with Crippen LogP contribution in [-0.2, 0) is 16.0 Å². The number of nitrogens with one attached hydrogen (secondary N) is 1. The van der Waals surface area contributed by atoms with Crippen LogP contribution >= 0.6 is 0 Å². The average Bonchev–Trinajstić information content (AvgIpc) is 3.24. The van der Waals surface area contributed by atoms with Crippen LogP contribution in [0.3, 0.4) is 0 Å². The van der Waals surface area contributed by atoms with Crippen molar-refractivity contribution in [2.75, 3.05) is 32.8 Å². The molecule has 1 amide bonds. The van der Waals surface area contributed by atoms with Crippen molar-refractivity contribution in [2.45, 2.75) is 32.4 Å². The van der Waals surface area contributed by atoms with Gasteiger partial charge >= 0.3 is 0 Å². The molecule has 27 heavy (non-hydrogen) atoms. The van der Waals surface area contributed by atoms with E-state index in [1.807, 2.05) is 36.4 Å². The summed E-state index contributed by atoms with van der Waals surface area (Å²) in [6.07, 6.45) is 2.07. The molecule has 2 atom stereocenters. The van der Waals surface area contributed by atoms with Crippen LogP contribution in [0.4, 0.5) is 0 Å². The van der Waals surface area contributed by atoms with Gasteiger partial charge in [0.05, 0.1) is 25.5 Å². The van der Waals surface area contributed by atoms with Crippen molar-refractivity contribution in [3.63, 3.8) is 0 Å². The number of furan rings is 1. The average molecular weight is 372 g/mol. The molecular weight excluding hydrogens is 344 g/mol. The predicted octanol–water partition coefficient (Wildman–Crippen LogP) is 2.80. The Labute approximate surface area is 160 Å². The van der Waals surface area contributed by atoms with Crippen LogP contribution in [0.15, 0.2) is 47.1 Å². The van der Waals surface area contributed by atoms with Gasteiger partial charge < -0.3 is 19.2 Å². The zero-order chi connectivity index (χ0) is 19.1. The molecule has 1 aliphatic rings. The number of carbonyl (C=O) groups excluding carboxylic acids is 1. The van der Waals surface area contributed by atoms with Gasteiger partial charge in [-0.1, -0.05) is 19.1 Å². The lowest BCUT2D eigenvalue weighted by Gasteiger charge is -2.33. The monoisotopic (exact) mass is 372 g/mol. The van der Waals surface area contributed by atoms with Gasteiger partial charge in [-0.2, -0.15) is 0 Å². The van der Waals surface area contributed by atoms with E-state index in [4.69, 9.17) is 13.9 Å². The molecule has 1 fully saturated rings. The summed E-state index contributed by atoms with van der Waals surface area (Å²) in [5.74, 6) is 1.41. The number of amides is 1. The highest BCUT2D eigenvalue weighted by Gasteiger charge is 2.26. The normalized spacial score (nSPS) is 17.3. The topological polar surface area (TPSA) is 63.9 Å². The highest BCUT2D eigenvalue weighted by molar-refractivity contribution is 5.80. The minimum Gasteiger partial charge on any atom is -0.481 e. The standard InChI is InChI=1S/C21H28N2O4/c1-3-17-6-8-18(9-7-17)27-16(2)21(24)22-15-19(20-5-4-12-26-20)23-10-13-25-14-11-23/h4-9,12,16,19H,3,10-11,13-15H2,1-2H3,(H,22,24)/t16-,19-/m1/s1. The molecule has 0 unspecified atom stereocenters. The third-order valence-electron chi connectivity index (χ3n) is 4.84. The number of rotatable bonds is 8. The van der Waals surface area contributed by atoms with Crippen molar-refractivity contribution in [1.29, 1.82) is 0 Å². The lowest BCUT2D eigenvalue weighted by atomic mass is 10.1. The van der Waals surface area contributed by atoms with E-state index in [-0.39, 0.29) is 11.9 Å². The third-order valence-corrected chi connectivity index (χ3v) is 4.84. The number of aryl methyl sites for hydroxylation is 1. The Morgan fingerprint density at radius 2 is 1.96 bits per heavy atom. The van der Waals surface area contributed by atoms with Crippen LogP contribution < -0.4 is 10.1 Å². The van der Waals surface area contributed by atoms with Gasteiger partial charge in [0.1, 0.15) is 11.5 Å². The summed E-state index contributed by atoms with van der Waals surface area (Å²) in [5.41, 5.74) is 1.24. The van der Waals surface area contributed by atoms with Crippen molar-refractivity contribution in [3.05, 3.63) is 54.0 Å². The molecule has 0 spiro atoms. The lowest BCUT2D eigenvalue weighted by molar-refractivity contribution is -0.127. The summed E-state index contributed by atoms with van der Waals surface area (Å²) < 4.78 is 16.8. The summed E-state index contributed by atoms with van der Waals surface area (Å²) in [6.45, 7) is 7.36. The molecular formula is C21H28N2O4. The fourth-order valence-corrected chi connectivity index (χ4v) is 3.18. The fraction of sp³-hybridized carbons (Fsp3) is 0.476. The minimum atomic E-state index is -0.570. The van der Waals surface area contributed by atoms with Gasteiger partial charge in [0, 0.05) is 19.6 Å². The second-order valence-electron chi connectivity index (χ2n) is 6.68. The van der Waals surface area contributed by atoms with Crippen molar-refractivity contribution in [2.24, 2.45) is 0 Å². The van der Waals surface area contributed by atoms with E-state index < -0.39 is 6.10 Å². The maximum absolute atomic E-state index is 12.5. The van der Waals surface area contributed by atoms with Crippen molar-refractivity contribution in [3.8, 4) is 5.75 Å². The second-order valence-corrected chi connectivity index (χ2v) is 6.68. The van der Waals surface area contributed by atoms with E-state index in [2.05, 4.69) is 17.1 Å². The first-order valence-electron chi connectivity index (χ1n) is 9.56. The molecule has 2 heterocycles. The van der Waals surface area contributed by atoms with Crippen LogP contribution in [0.25, 0.3) is 0 Å². The molecule has 146 valence electrons. The Kier molecular flexibility index (Phi) is 6.90. The largest absolute Gasteiger partial charge is 0.481 e. The Bertz CT molecular complexity index is 693. The summed E-state index contributed by atoms with van der Waals surface area (Å²) in [6, 6.07) is 11.7. The summed E-state index contributed by atoms with van der Waals surface area (Å²) >= 11 is 0. The zero-order valence-electron chi connectivity index (χ0n) is 16.0. The van der Waals surface area contributed by atoms with Crippen molar-refractivity contribution in [1.82, 2.24) is 10.2 Å². The molecule has 0 radical (unpaired) electrons. The van der Waals surface area contributed by atoms with E-state index in [9.17, 15) is 4.79 Å². The van der Waals surface area contributed by atoms with E-state index in [1.165, 1.54) is 5.56 Å². The number of hydrogen-bond donors (Lipinski definition) is 1. The number of ether oxygens (including phenoxy) is 2. The number of carbonyl (C=O) groups is 1. The minimum absolute atomic E-state index is 0.0103. The van der Waals surface area contributed by atoms with Gasteiger partial charge in [-0.05, 0) is 43.2 Å². The Morgan fingerprint density at radius 3 is 2.59 bits per heavy atom. The van der Waals surface area contributed by atoms with Crippen LogP contribution in [0, 0.1) is 0 Å². The van der Waals surface area contributed by atoms with Crippen LogP contribution in [0.2, 0.25) is 0 Å². The molecule has 3 rings (SSSR count). The predicted molar refractivity (Wildman–Crippen MR) is 103 cm³/mol. The van der Waals surface area contributed by atoms with Crippen molar-refractivity contribution >= 4 is 5.91 Å². The van der Waals surface area contributed by atoms with E-state index in [1.54, 1.807) is 13.2 Å². The number of benzene rings is 1. The van der Waals surface area contributed by atoms with E-state index in [0.29, 0.717) is 25.5 Å². The molecule has 1 saturated heterocycles. The summed E-state index contributed by atoms with van der Waals surface area (Å²) in [5, 5.41) is 3.00. The molecule has 0 bridgehead atoms. The van der Waals surface area contributed by atoms with Gasteiger partial charge in [0.15, 0.2) is 6.10 Å². The Morgan fingerprint density at radius 1 is 1.22 bits per heavy atom. The Balaban J connectivity index is 1.56. The van der Waals surface area contributed by atoms with Crippen LogP contribution in [0.5, 0.6) is 5.75 Å². The van der Waals surface area contributed by atoms with Gasteiger partial charge in [-0.25, -0.2) is 0 Å². The Hall–Kier alpha value is -2.31. The lowest BCUT2D eigenvalue weighted by Crippen LogP contribution is -2.45. The molecule has 0 aliphatic carbocycles. The van der Waals surface area contributed by atoms with Gasteiger partial charge in [0.2, 0.25) is 0 Å². The van der Waals surface area contributed by atoms with Crippen molar-refractivity contribution < 1.29 is 18.7 Å². The molecule has 6 nitrogen and oxygen atoms in total. The summed E-state index contributed by atoms with van der Waals surface area (Å²) in [4.78, 5) is 14.8. The first-order valence-corrected chi connectivity index (χ1v) is 9.56. The number of morpholine rings is 1. The fourth-order valence-electron chi connectivity index (χ4n) is 3.18. The van der Waals surface area contributed by atoms with E-state index in [0.717, 1.165) is 25.3 Å². The van der Waals surface area contributed by atoms with Gasteiger partial charge in [-0.3, -0.25) is 9.69 Å². The van der Waals surface area contributed by atoms with Gasteiger partial charge in [-0.15, -0.1) is 0 Å². The number of hydrogen-bond acceptors (Lipinski definition) is 5. The SMILES string of the molecule is CCc1ccc(O[C@H](C)C(=O)NC[C@H](c2ccco2)N2CCOCC2)cc1. The quantitative estimate of drug-likeness (QED) is 0.772. The summed E-state index contributed by atoms with van der Waals surface area (Å²) in [7, 11) is 0. The second kappa shape index (κ2) is 9.58. The first kappa shape index (κ1) is 19.5. The molecule has 6 heteroatoms. The maximum Gasteiger partial charge on any atom is 0.260 e. The first-order chi connectivity index (χ1) is 13.2. The maximum atomic E-state index is 12.5. The highest BCUT2D eigenvalue weighted by Crippen LogP contribution is 2.22. The van der Waals surface area contributed by atoms with Crippen LogP contribution in [0.1, 0.15) is 31.2 Å². The van der Waals surface area contributed by atoms with E-state index >= 15 is 0 Å².